The fraction of sp³-hybridized carbons (Fsp3) is 0.250. The zero-order valence-corrected chi connectivity index (χ0v) is 12.1. The maximum absolute atomic E-state index is 11.5. The molecule has 0 aliphatic rings. The minimum atomic E-state index is -0.366. The first-order chi connectivity index (χ1) is 10.2. The number of hydrogen-bond acceptors (Lipinski definition) is 5. The lowest BCUT2D eigenvalue weighted by molar-refractivity contribution is 0.0526. The fourth-order valence-corrected chi connectivity index (χ4v) is 1.78. The Bertz CT molecular complexity index is 597. The van der Waals surface area contributed by atoms with Crippen LogP contribution in [0.1, 0.15) is 24.2 Å². The summed E-state index contributed by atoms with van der Waals surface area (Å²) in [6.45, 7) is 4.68. The van der Waals surface area contributed by atoms with Gasteiger partial charge in [0.25, 0.3) is 0 Å². The molecule has 0 saturated carbocycles. The summed E-state index contributed by atoms with van der Waals surface area (Å²) in [7, 11) is 0. The molecule has 21 heavy (non-hydrogen) atoms. The zero-order chi connectivity index (χ0) is 15.1. The van der Waals surface area contributed by atoms with E-state index in [0.717, 1.165) is 11.4 Å². The summed E-state index contributed by atoms with van der Waals surface area (Å²) in [5.41, 5.74) is 1.31. The Balaban J connectivity index is 2.06. The van der Waals surface area contributed by atoms with E-state index in [1.54, 1.807) is 19.1 Å². The first-order valence-corrected chi connectivity index (χ1v) is 6.86. The molecule has 0 aliphatic carbocycles. The number of anilines is 2. The maximum atomic E-state index is 11.5. The molecule has 0 atom stereocenters. The summed E-state index contributed by atoms with van der Waals surface area (Å²) >= 11 is 0. The smallest absolute Gasteiger partial charge is 0.339 e. The van der Waals surface area contributed by atoms with Gasteiger partial charge in [0.05, 0.1) is 18.8 Å². The Kier molecular flexibility index (Phi) is 5.15. The molecule has 0 saturated heterocycles. The number of carbonyl (C=O) groups is 1. The second-order valence-electron chi connectivity index (χ2n) is 4.24. The van der Waals surface area contributed by atoms with Crippen LogP contribution in [0, 0.1) is 0 Å². The topological polar surface area (TPSA) is 60.5 Å². The third-order valence-corrected chi connectivity index (χ3v) is 2.69. The molecule has 0 radical (unpaired) electrons. The van der Waals surface area contributed by atoms with E-state index >= 15 is 0 Å². The van der Waals surface area contributed by atoms with Crippen LogP contribution in [0.2, 0.25) is 0 Å². The standard InChI is InChI=1S/C16H18N2O3/c1-3-20-14-7-5-6-13(10-14)18-15-9-8-12(11-17-15)16(19)21-4-2/h5-11H,3-4H2,1-2H3,(H,17,18). The summed E-state index contributed by atoms with van der Waals surface area (Å²) in [6.07, 6.45) is 1.49. The van der Waals surface area contributed by atoms with Gasteiger partial charge in [0, 0.05) is 18.0 Å². The molecule has 110 valence electrons. The third kappa shape index (κ3) is 4.21. The third-order valence-electron chi connectivity index (χ3n) is 2.69. The van der Waals surface area contributed by atoms with E-state index in [2.05, 4.69) is 10.3 Å². The molecule has 1 aromatic heterocycles. The van der Waals surface area contributed by atoms with Gasteiger partial charge in [-0.2, -0.15) is 0 Å². The number of nitrogens with one attached hydrogen (secondary N) is 1. The van der Waals surface area contributed by atoms with Gasteiger partial charge in [0.2, 0.25) is 0 Å². The SMILES string of the molecule is CCOC(=O)c1ccc(Nc2cccc(OCC)c2)nc1. The van der Waals surface area contributed by atoms with E-state index in [1.807, 2.05) is 31.2 Å². The lowest BCUT2D eigenvalue weighted by atomic mass is 10.2. The molecular formula is C16H18N2O3. The molecule has 2 aromatic rings. The second-order valence-corrected chi connectivity index (χ2v) is 4.24. The van der Waals surface area contributed by atoms with Crippen LogP contribution in [0.4, 0.5) is 11.5 Å². The van der Waals surface area contributed by atoms with Crippen LogP contribution in [0.25, 0.3) is 0 Å². The molecular weight excluding hydrogens is 268 g/mol. The molecule has 0 bridgehead atoms. The quantitative estimate of drug-likeness (QED) is 0.825. The molecule has 1 N–H and O–H groups in total. The highest BCUT2D eigenvalue weighted by atomic mass is 16.5. The Morgan fingerprint density at radius 3 is 2.71 bits per heavy atom. The van der Waals surface area contributed by atoms with Gasteiger partial charge in [0.1, 0.15) is 11.6 Å². The van der Waals surface area contributed by atoms with Crippen molar-refractivity contribution in [1.29, 1.82) is 0 Å². The number of carbonyl (C=O) groups excluding carboxylic acids is 1. The van der Waals surface area contributed by atoms with Crippen molar-refractivity contribution >= 4 is 17.5 Å². The van der Waals surface area contributed by atoms with Gasteiger partial charge in [0.15, 0.2) is 0 Å². The summed E-state index contributed by atoms with van der Waals surface area (Å²) in [4.78, 5) is 15.7. The van der Waals surface area contributed by atoms with Crippen molar-refractivity contribution in [1.82, 2.24) is 4.98 Å². The fourth-order valence-electron chi connectivity index (χ4n) is 1.78. The van der Waals surface area contributed by atoms with Gasteiger partial charge >= 0.3 is 5.97 Å². The van der Waals surface area contributed by atoms with E-state index in [0.29, 0.717) is 24.6 Å². The molecule has 0 aliphatic heterocycles. The number of esters is 1. The first kappa shape index (κ1) is 14.8. The van der Waals surface area contributed by atoms with Gasteiger partial charge in [-0.1, -0.05) is 6.07 Å². The van der Waals surface area contributed by atoms with Crippen molar-refractivity contribution in [3.63, 3.8) is 0 Å². The van der Waals surface area contributed by atoms with Gasteiger partial charge in [-0.15, -0.1) is 0 Å². The van der Waals surface area contributed by atoms with Crippen LogP contribution < -0.4 is 10.1 Å². The number of hydrogen-bond donors (Lipinski definition) is 1. The zero-order valence-electron chi connectivity index (χ0n) is 12.1. The van der Waals surface area contributed by atoms with Crippen LogP contribution in [0.5, 0.6) is 5.75 Å². The van der Waals surface area contributed by atoms with Crippen LogP contribution in [-0.2, 0) is 4.74 Å². The number of ether oxygens (including phenoxy) is 2. The van der Waals surface area contributed by atoms with Crippen molar-refractivity contribution < 1.29 is 14.3 Å². The Labute approximate surface area is 123 Å². The summed E-state index contributed by atoms with van der Waals surface area (Å²) in [5.74, 6) is 1.08. The normalized spacial score (nSPS) is 10.0. The van der Waals surface area contributed by atoms with Gasteiger partial charge in [-0.25, -0.2) is 9.78 Å². The van der Waals surface area contributed by atoms with Crippen LogP contribution >= 0.6 is 0 Å². The molecule has 1 aromatic carbocycles. The van der Waals surface area contributed by atoms with Crippen molar-refractivity contribution in [2.24, 2.45) is 0 Å². The molecule has 0 fully saturated rings. The molecule has 5 heteroatoms. The minimum Gasteiger partial charge on any atom is -0.494 e. The number of aromatic nitrogens is 1. The highest BCUT2D eigenvalue weighted by Crippen LogP contribution is 2.20. The average molecular weight is 286 g/mol. The van der Waals surface area contributed by atoms with Crippen LogP contribution in [0.3, 0.4) is 0 Å². The minimum absolute atomic E-state index is 0.350. The van der Waals surface area contributed by atoms with Crippen molar-refractivity contribution in [2.75, 3.05) is 18.5 Å². The van der Waals surface area contributed by atoms with Gasteiger partial charge < -0.3 is 14.8 Å². The predicted octanol–water partition coefficient (Wildman–Crippen LogP) is 3.40. The summed E-state index contributed by atoms with van der Waals surface area (Å²) < 4.78 is 10.4. The lowest BCUT2D eigenvalue weighted by Gasteiger charge is -2.08. The second kappa shape index (κ2) is 7.28. The van der Waals surface area contributed by atoms with E-state index in [1.165, 1.54) is 6.20 Å². The average Bonchev–Trinajstić information content (AvgIpc) is 2.49. The predicted molar refractivity (Wildman–Crippen MR) is 81.1 cm³/mol. The molecule has 1 heterocycles. The van der Waals surface area contributed by atoms with Crippen molar-refractivity contribution in [3.05, 3.63) is 48.2 Å². The molecule has 5 nitrogen and oxygen atoms in total. The number of pyridine rings is 1. The molecule has 2 rings (SSSR count). The summed E-state index contributed by atoms with van der Waals surface area (Å²) in [5, 5.41) is 3.16. The van der Waals surface area contributed by atoms with E-state index in [9.17, 15) is 4.79 Å². The van der Waals surface area contributed by atoms with Crippen molar-refractivity contribution in [3.8, 4) is 5.75 Å². The van der Waals surface area contributed by atoms with Gasteiger partial charge in [-0.3, -0.25) is 0 Å². The van der Waals surface area contributed by atoms with E-state index < -0.39 is 0 Å². The Morgan fingerprint density at radius 1 is 1.19 bits per heavy atom. The Morgan fingerprint density at radius 2 is 2.05 bits per heavy atom. The number of rotatable bonds is 6. The van der Waals surface area contributed by atoms with Gasteiger partial charge in [-0.05, 0) is 38.1 Å². The molecule has 0 unspecified atom stereocenters. The van der Waals surface area contributed by atoms with E-state index in [4.69, 9.17) is 9.47 Å². The summed E-state index contributed by atoms with van der Waals surface area (Å²) in [6, 6.07) is 11.0. The van der Waals surface area contributed by atoms with Crippen molar-refractivity contribution in [2.45, 2.75) is 13.8 Å². The monoisotopic (exact) mass is 286 g/mol. The number of nitrogens with zero attached hydrogens (tertiary/aromatic N) is 1. The highest BCUT2D eigenvalue weighted by Gasteiger charge is 2.06. The molecule has 0 amide bonds. The number of benzene rings is 1. The highest BCUT2D eigenvalue weighted by molar-refractivity contribution is 5.89. The maximum Gasteiger partial charge on any atom is 0.339 e. The first-order valence-electron chi connectivity index (χ1n) is 6.86. The van der Waals surface area contributed by atoms with E-state index in [-0.39, 0.29) is 5.97 Å². The Hall–Kier alpha value is -2.56. The lowest BCUT2D eigenvalue weighted by Crippen LogP contribution is -2.05. The van der Waals surface area contributed by atoms with Crippen LogP contribution in [-0.4, -0.2) is 24.2 Å². The largest absolute Gasteiger partial charge is 0.494 e. The molecule has 0 spiro atoms. The van der Waals surface area contributed by atoms with Crippen LogP contribution in [0.15, 0.2) is 42.6 Å².